The fraction of sp³-hybridized carbons (Fsp3) is 0.677. The van der Waals surface area contributed by atoms with E-state index >= 15 is 0 Å². The summed E-state index contributed by atoms with van der Waals surface area (Å²) in [4.78, 5) is 19.2. The quantitative estimate of drug-likeness (QED) is 0.466. The number of rotatable bonds is 6. The van der Waals surface area contributed by atoms with E-state index in [-0.39, 0.29) is 35.9 Å². The van der Waals surface area contributed by atoms with E-state index in [4.69, 9.17) is 4.74 Å². The highest BCUT2D eigenvalue weighted by Gasteiger charge is 2.51. The molecule has 1 amide bonds. The number of hydrogen-bond acceptors (Lipinski definition) is 8. The van der Waals surface area contributed by atoms with Crippen LogP contribution in [0.1, 0.15) is 56.1 Å². The van der Waals surface area contributed by atoms with Gasteiger partial charge in [0, 0.05) is 37.6 Å². The van der Waals surface area contributed by atoms with Gasteiger partial charge >= 0.3 is 0 Å². The number of fused-ring (bicyclic) bond motifs is 3. The van der Waals surface area contributed by atoms with Gasteiger partial charge in [0.05, 0.1) is 31.3 Å². The van der Waals surface area contributed by atoms with Crippen LogP contribution in [0, 0.1) is 17.2 Å². The Balaban J connectivity index is 1.23. The van der Waals surface area contributed by atoms with Crippen LogP contribution in [-0.4, -0.2) is 96.2 Å². The lowest BCUT2D eigenvalue weighted by Crippen LogP contribution is -2.72. The lowest BCUT2D eigenvalue weighted by molar-refractivity contribution is -0.136. The molecule has 7 atom stereocenters. The number of hydrogen-bond donors (Lipinski definition) is 3. The van der Waals surface area contributed by atoms with Gasteiger partial charge in [-0.25, -0.2) is 0 Å². The number of likely N-dealkylation sites (tertiary alicyclic amines) is 1. The van der Waals surface area contributed by atoms with Gasteiger partial charge in [0.25, 0.3) is 0 Å². The van der Waals surface area contributed by atoms with Crippen molar-refractivity contribution in [3.05, 3.63) is 42.0 Å². The van der Waals surface area contributed by atoms with Gasteiger partial charge in [-0.3, -0.25) is 20.3 Å². The summed E-state index contributed by atoms with van der Waals surface area (Å²) in [7, 11) is 2.18. The zero-order valence-corrected chi connectivity index (χ0v) is 23.7. The molecule has 4 fully saturated rings. The van der Waals surface area contributed by atoms with Crippen LogP contribution in [0.25, 0.3) is 0 Å². The molecule has 4 unspecified atom stereocenters. The molecule has 1 spiro atoms. The summed E-state index contributed by atoms with van der Waals surface area (Å²) < 4.78 is 6.54. The Morgan fingerprint density at radius 2 is 2.12 bits per heavy atom. The van der Waals surface area contributed by atoms with Crippen molar-refractivity contribution in [3.63, 3.8) is 0 Å². The molecule has 0 radical (unpaired) electrons. The number of nitrogens with zero attached hydrogens (tertiary/aromatic N) is 4. The minimum absolute atomic E-state index is 0.0821. The molecule has 3 saturated heterocycles. The molecule has 1 aromatic carbocycles. The van der Waals surface area contributed by atoms with E-state index in [9.17, 15) is 15.2 Å². The first-order valence-corrected chi connectivity index (χ1v) is 15.1. The normalized spacial score (nSPS) is 36.2. The molecule has 40 heavy (non-hydrogen) atoms. The number of aryl methyl sites for hydroxylation is 1. The van der Waals surface area contributed by atoms with Gasteiger partial charge < -0.3 is 19.6 Å². The number of piperazine rings is 1. The SMILES string of the molecule is C=CC(=O)N1CCN(C2NC(OC[C@@H]3CCCN3C)NC3C[C@@]4(CCc5ccc(O)cc54)CCC32)C[C@@H]1CC#N. The maximum Gasteiger partial charge on any atom is 0.246 e. The first-order chi connectivity index (χ1) is 19.4. The molecule has 1 saturated carbocycles. The summed E-state index contributed by atoms with van der Waals surface area (Å²) in [6, 6.07) is 8.79. The van der Waals surface area contributed by atoms with Crippen molar-refractivity contribution in [1.82, 2.24) is 25.3 Å². The molecule has 0 bridgehead atoms. The number of ether oxygens (including phenoxy) is 1. The van der Waals surface area contributed by atoms with Gasteiger partial charge in [-0.15, -0.1) is 0 Å². The minimum Gasteiger partial charge on any atom is -0.508 e. The maximum atomic E-state index is 12.5. The van der Waals surface area contributed by atoms with Crippen LogP contribution in [0.2, 0.25) is 0 Å². The third kappa shape index (κ3) is 5.17. The molecular formula is C31H44N6O3. The van der Waals surface area contributed by atoms with E-state index in [1.165, 1.54) is 23.6 Å². The standard InChI is InChI=1S/C31H44N6O3/c1-3-28(39)37-16-15-36(19-22(37)10-13-32)29-25-9-12-31(11-8-21-6-7-24(38)17-26(21)31)18-27(25)33-30(34-29)40-20-23-5-4-14-35(23)2/h3,6-7,17,22-23,25,27,29-30,33-34,38H,1,4-5,8-12,14-16,18-20H2,2H3/t22-,23-,25?,27?,29?,30?,31+/m0/s1. The van der Waals surface area contributed by atoms with E-state index in [2.05, 4.69) is 46.2 Å². The third-order valence-electron chi connectivity index (χ3n) is 10.5. The van der Waals surface area contributed by atoms with Crippen LogP contribution in [0.5, 0.6) is 5.75 Å². The van der Waals surface area contributed by atoms with E-state index < -0.39 is 0 Å². The highest BCUT2D eigenvalue weighted by Crippen LogP contribution is 2.52. The van der Waals surface area contributed by atoms with E-state index in [0.717, 1.165) is 51.6 Å². The molecule has 0 aromatic heterocycles. The first-order valence-electron chi connectivity index (χ1n) is 15.1. The van der Waals surface area contributed by atoms with Crippen LogP contribution >= 0.6 is 0 Å². The monoisotopic (exact) mass is 548 g/mol. The van der Waals surface area contributed by atoms with Gasteiger partial charge in [0.1, 0.15) is 5.75 Å². The van der Waals surface area contributed by atoms with Crippen molar-refractivity contribution in [2.24, 2.45) is 5.92 Å². The Bertz CT molecular complexity index is 1150. The Morgan fingerprint density at radius 1 is 1.25 bits per heavy atom. The van der Waals surface area contributed by atoms with E-state index in [1.807, 2.05) is 17.0 Å². The fourth-order valence-corrected chi connectivity index (χ4v) is 8.35. The van der Waals surface area contributed by atoms with Gasteiger partial charge in [-0.05, 0) is 93.3 Å². The second kappa shape index (κ2) is 11.4. The van der Waals surface area contributed by atoms with Gasteiger partial charge in [-0.2, -0.15) is 5.26 Å². The van der Waals surface area contributed by atoms with Crippen molar-refractivity contribution >= 4 is 5.91 Å². The van der Waals surface area contributed by atoms with Gasteiger partial charge in [-0.1, -0.05) is 12.6 Å². The molecule has 5 aliphatic rings. The maximum absolute atomic E-state index is 12.5. The average Bonchev–Trinajstić information content (AvgIpc) is 3.53. The number of aromatic hydroxyl groups is 1. The molecular weight excluding hydrogens is 504 g/mol. The number of phenols is 1. The fourth-order valence-electron chi connectivity index (χ4n) is 8.35. The molecule has 2 aliphatic carbocycles. The molecule has 6 rings (SSSR count). The van der Waals surface area contributed by atoms with Gasteiger partial charge in [0.2, 0.25) is 5.91 Å². The summed E-state index contributed by atoms with van der Waals surface area (Å²) in [6.07, 6.45) is 9.26. The Kier molecular flexibility index (Phi) is 7.90. The smallest absolute Gasteiger partial charge is 0.246 e. The van der Waals surface area contributed by atoms with Crippen LogP contribution < -0.4 is 10.6 Å². The number of likely N-dealkylation sites (N-methyl/N-ethyl adjacent to an activating group) is 1. The lowest BCUT2D eigenvalue weighted by atomic mass is 9.64. The van der Waals surface area contributed by atoms with E-state index in [0.29, 0.717) is 43.8 Å². The Labute approximate surface area is 238 Å². The highest BCUT2D eigenvalue weighted by atomic mass is 16.5. The number of nitriles is 1. The van der Waals surface area contributed by atoms with Crippen LogP contribution in [0.3, 0.4) is 0 Å². The average molecular weight is 549 g/mol. The summed E-state index contributed by atoms with van der Waals surface area (Å²) >= 11 is 0. The molecule has 9 nitrogen and oxygen atoms in total. The van der Waals surface area contributed by atoms with Crippen molar-refractivity contribution in [3.8, 4) is 11.8 Å². The number of amides is 1. The number of phenolic OH excluding ortho intramolecular Hbond substituents is 1. The first kappa shape index (κ1) is 27.7. The summed E-state index contributed by atoms with van der Waals surface area (Å²) in [5, 5.41) is 27.5. The van der Waals surface area contributed by atoms with Crippen LogP contribution in [-0.2, 0) is 21.4 Å². The summed E-state index contributed by atoms with van der Waals surface area (Å²) in [5.74, 6) is 0.641. The van der Waals surface area contributed by atoms with Crippen LogP contribution in [0.15, 0.2) is 30.9 Å². The van der Waals surface area contributed by atoms with Crippen LogP contribution in [0.4, 0.5) is 0 Å². The lowest BCUT2D eigenvalue weighted by Gasteiger charge is -2.55. The predicted octanol–water partition coefficient (Wildman–Crippen LogP) is 2.27. The van der Waals surface area contributed by atoms with Crippen molar-refractivity contribution in [1.29, 1.82) is 5.26 Å². The Morgan fingerprint density at radius 3 is 2.90 bits per heavy atom. The molecule has 3 heterocycles. The molecule has 9 heteroatoms. The largest absolute Gasteiger partial charge is 0.508 e. The minimum atomic E-state index is -0.261. The molecule has 3 N–H and O–H groups in total. The molecule has 216 valence electrons. The number of carbonyl (C=O) groups is 1. The predicted molar refractivity (Wildman–Crippen MR) is 152 cm³/mol. The summed E-state index contributed by atoms with van der Waals surface area (Å²) in [6.45, 7) is 7.49. The number of benzene rings is 1. The zero-order valence-electron chi connectivity index (χ0n) is 23.7. The van der Waals surface area contributed by atoms with Crippen molar-refractivity contribution in [2.75, 3.05) is 39.8 Å². The van der Waals surface area contributed by atoms with Crippen molar-refractivity contribution < 1.29 is 14.6 Å². The van der Waals surface area contributed by atoms with Gasteiger partial charge in [0.15, 0.2) is 6.35 Å². The molecule has 1 aromatic rings. The van der Waals surface area contributed by atoms with E-state index in [1.54, 1.807) is 0 Å². The van der Waals surface area contributed by atoms with Crippen molar-refractivity contribution in [2.45, 2.75) is 87.4 Å². The topological polar surface area (TPSA) is 104 Å². The number of nitrogens with one attached hydrogen (secondary N) is 2. The Hall–Kier alpha value is -2.48. The molecule has 3 aliphatic heterocycles. The second-order valence-corrected chi connectivity index (χ2v) is 12.6. The highest BCUT2D eigenvalue weighted by molar-refractivity contribution is 5.87. The summed E-state index contributed by atoms with van der Waals surface area (Å²) in [5.41, 5.74) is 2.79. The second-order valence-electron chi connectivity index (χ2n) is 12.6. The number of carbonyl (C=O) groups excluding carboxylic acids is 1. The zero-order chi connectivity index (χ0) is 27.9. The third-order valence-corrected chi connectivity index (χ3v) is 10.5.